The van der Waals surface area contributed by atoms with Gasteiger partial charge < -0.3 is 14.4 Å². The van der Waals surface area contributed by atoms with Crippen molar-refractivity contribution < 1.29 is 14.3 Å². The highest BCUT2D eigenvalue weighted by atomic mass is 32.1. The van der Waals surface area contributed by atoms with Gasteiger partial charge >= 0.3 is 0 Å². The Bertz CT molecular complexity index is 1140. The Morgan fingerprint density at radius 1 is 0.971 bits per heavy atom. The maximum atomic E-state index is 13.8. The molecule has 0 spiro atoms. The molecule has 0 bridgehead atoms. The molecule has 2 heterocycles. The fourth-order valence-corrected chi connectivity index (χ4v) is 6.72. The molecule has 5 nitrogen and oxygen atoms in total. The number of carbonyl (C=O) groups excluding carboxylic acids is 1. The van der Waals surface area contributed by atoms with E-state index in [0.717, 1.165) is 65.4 Å². The normalized spacial score (nSPS) is 18.1. The number of benzene rings is 2. The van der Waals surface area contributed by atoms with E-state index in [1.807, 2.05) is 30.3 Å². The third-order valence-electron chi connectivity index (χ3n) is 7.52. The molecule has 0 radical (unpaired) electrons. The van der Waals surface area contributed by atoms with Crippen LogP contribution in [0.2, 0.25) is 0 Å². The number of nitrogens with zero attached hydrogens (tertiary/aromatic N) is 2. The second-order valence-corrected chi connectivity index (χ2v) is 11.0. The quantitative estimate of drug-likeness (QED) is 0.371. The molecule has 1 saturated heterocycles. The third kappa shape index (κ3) is 5.55. The molecule has 1 saturated carbocycles. The maximum Gasteiger partial charge on any atom is 0.194 e. The lowest BCUT2D eigenvalue weighted by Crippen LogP contribution is -2.45. The summed E-state index contributed by atoms with van der Waals surface area (Å²) in [5, 5.41) is 1.05. The Morgan fingerprint density at radius 2 is 1.69 bits per heavy atom. The van der Waals surface area contributed by atoms with Crippen LogP contribution in [0.5, 0.6) is 11.5 Å². The first kappa shape index (κ1) is 24.3. The van der Waals surface area contributed by atoms with Gasteiger partial charge in [-0.05, 0) is 68.3 Å². The molecule has 1 aliphatic carbocycles. The first-order chi connectivity index (χ1) is 17.1. The van der Waals surface area contributed by atoms with Crippen LogP contribution in [-0.2, 0) is 0 Å². The number of piperazine rings is 1. The van der Waals surface area contributed by atoms with E-state index in [1.165, 1.54) is 37.0 Å². The lowest BCUT2D eigenvalue weighted by molar-refractivity contribution is 0.103. The van der Waals surface area contributed by atoms with Crippen molar-refractivity contribution in [3.8, 4) is 11.5 Å². The number of hydrogen-bond acceptors (Lipinski definition) is 6. The van der Waals surface area contributed by atoms with Gasteiger partial charge in [0.1, 0.15) is 18.1 Å². The summed E-state index contributed by atoms with van der Waals surface area (Å²) >= 11 is 1.78. The molecule has 6 heteroatoms. The Morgan fingerprint density at radius 3 is 2.40 bits per heavy atom. The van der Waals surface area contributed by atoms with Crippen molar-refractivity contribution in [3.63, 3.8) is 0 Å². The highest BCUT2D eigenvalue weighted by Crippen LogP contribution is 2.44. The largest absolute Gasteiger partial charge is 0.497 e. The number of carbonyl (C=O) groups is 1. The fraction of sp³-hybridized carbons (Fsp3) is 0.483. The van der Waals surface area contributed by atoms with Gasteiger partial charge in [0, 0.05) is 58.8 Å². The van der Waals surface area contributed by atoms with Crippen LogP contribution in [0.4, 0.5) is 0 Å². The van der Waals surface area contributed by atoms with Crippen molar-refractivity contribution in [2.75, 3.05) is 53.5 Å². The minimum Gasteiger partial charge on any atom is -0.497 e. The summed E-state index contributed by atoms with van der Waals surface area (Å²) in [6.07, 6.45) is 6.13. The summed E-state index contributed by atoms with van der Waals surface area (Å²) in [6.45, 7) is 6.02. The molecule has 0 atom stereocenters. The van der Waals surface area contributed by atoms with E-state index in [9.17, 15) is 4.79 Å². The molecule has 186 valence electrons. The van der Waals surface area contributed by atoms with Gasteiger partial charge in [0.15, 0.2) is 5.78 Å². The van der Waals surface area contributed by atoms with E-state index in [0.29, 0.717) is 12.5 Å². The molecule has 0 unspecified atom stereocenters. The van der Waals surface area contributed by atoms with Crippen LogP contribution in [0, 0.1) is 0 Å². The highest BCUT2D eigenvalue weighted by molar-refractivity contribution is 7.19. The zero-order valence-corrected chi connectivity index (χ0v) is 21.7. The number of likely N-dealkylation sites (N-methyl/N-ethyl adjacent to an activating group) is 1. The average molecular weight is 493 g/mol. The number of methoxy groups -OCH3 is 1. The van der Waals surface area contributed by atoms with E-state index < -0.39 is 0 Å². The molecule has 0 amide bonds. The molecular formula is C29H36N2O3S. The van der Waals surface area contributed by atoms with E-state index in [4.69, 9.17) is 9.47 Å². The number of ketones is 1. The lowest BCUT2D eigenvalue weighted by Gasteiger charge is -2.32. The predicted octanol–water partition coefficient (Wildman–Crippen LogP) is 5.81. The first-order valence-electron chi connectivity index (χ1n) is 12.9. The zero-order chi connectivity index (χ0) is 24.2. The van der Waals surface area contributed by atoms with Crippen LogP contribution in [-0.4, -0.2) is 69.1 Å². The Hall–Kier alpha value is -2.41. The van der Waals surface area contributed by atoms with E-state index in [1.54, 1.807) is 18.4 Å². The molecule has 2 aromatic carbocycles. The van der Waals surface area contributed by atoms with Gasteiger partial charge in [-0.15, -0.1) is 11.3 Å². The summed E-state index contributed by atoms with van der Waals surface area (Å²) in [7, 11) is 3.86. The van der Waals surface area contributed by atoms with Gasteiger partial charge in [0.2, 0.25) is 0 Å². The van der Waals surface area contributed by atoms with Crippen LogP contribution in [0.1, 0.15) is 58.8 Å². The van der Waals surface area contributed by atoms with Crippen molar-refractivity contribution in [2.24, 2.45) is 0 Å². The number of ether oxygens (including phenoxy) is 2. The molecule has 0 N–H and O–H groups in total. The second kappa shape index (κ2) is 11.1. The van der Waals surface area contributed by atoms with Crippen molar-refractivity contribution in [1.29, 1.82) is 0 Å². The summed E-state index contributed by atoms with van der Waals surface area (Å²) in [4.78, 5) is 19.9. The number of fused-ring (bicyclic) bond motifs is 1. The Balaban J connectivity index is 1.32. The molecule has 3 aromatic rings. The molecular weight excluding hydrogens is 456 g/mol. The minimum atomic E-state index is 0.117. The van der Waals surface area contributed by atoms with Crippen LogP contribution in [0.3, 0.4) is 0 Å². The summed E-state index contributed by atoms with van der Waals surface area (Å²) in [6, 6.07) is 13.8. The highest BCUT2D eigenvalue weighted by Gasteiger charge is 2.27. The summed E-state index contributed by atoms with van der Waals surface area (Å²) < 4.78 is 12.6. The summed E-state index contributed by atoms with van der Waals surface area (Å²) in [5.41, 5.74) is 1.62. The molecule has 35 heavy (non-hydrogen) atoms. The van der Waals surface area contributed by atoms with Crippen LogP contribution in [0.25, 0.3) is 10.1 Å². The van der Waals surface area contributed by atoms with E-state index >= 15 is 0 Å². The fourth-order valence-electron chi connectivity index (χ4n) is 5.32. The van der Waals surface area contributed by atoms with E-state index in [-0.39, 0.29) is 5.78 Å². The van der Waals surface area contributed by atoms with Gasteiger partial charge in [-0.2, -0.15) is 0 Å². The Labute approximate surface area is 212 Å². The van der Waals surface area contributed by atoms with Crippen molar-refractivity contribution in [3.05, 3.63) is 58.5 Å². The minimum absolute atomic E-state index is 0.117. The SMILES string of the molecule is COc1ccc2c(C(=O)c3ccc(OCCN4CCN(C)CC4)cc3)c(C3CCCCC3)sc2c1. The molecule has 2 fully saturated rings. The van der Waals surface area contributed by atoms with Crippen LogP contribution in [0.15, 0.2) is 42.5 Å². The first-order valence-corrected chi connectivity index (χ1v) is 13.7. The van der Waals surface area contributed by atoms with Crippen LogP contribution >= 0.6 is 11.3 Å². The van der Waals surface area contributed by atoms with Crippen molar-refractivity contribution >= 4 is 27.2 Å². The average Bonchev–Trinajstić information content (AvgIpc) is 3.29. The van der Waals surface area contributed by atoms with E-state index in [2.05, 4.69) is 29.0 Å². The van der Waals surface area contributed by atoms with Gasteiger partial charge in [0.25, 0.3) is 0 Å². The van der Waals surface area contributed by atoms with Crippen molar-refractivity contribution in [2.45, 2.75) is 38.0 Å². The molecule has 1 aromatic heterocycles. The molecule has 1 aliphatic heterocycles. The summed E-state index contributed by atoms with van der Waals surface area (Å²) in [5.74, 6) is 2.25. The monoisotopic (exact) mass is 492 g/mol. The van der Waals surface area contributed by atoms with Crippen molar-refractivity contribution in [1.82, 2.24) is 9.80 Å². The van der Waals surface area contributed by atoms with Gasteiger partial charge in [-0.1, -0.05) is 19.3 Å². The second-order valence-electron chi connectivity index (χ2n) is 9.89. The number of hydrogen-bond donors (Lipinski definition) is 0. The van der Waals surface area contributed by atoms with Gasteiger partial charge in [-0.25, -0.2) is 0 Å². The Kier molecular flexibility index (Phi) is 7.71. The third-order valence-corrected chi connectivity index (χ3v) is 8.83. The van der Waals surface area contributed by atoms with Gasteiger partial charge in [0.05, 0.1) is 7.11 Å². The smallest absolute Gasteiger partial charge is 0.194 e. The lowest BCUT2D eigenvalue weighted by atomic mass is 9.85. The maximum absolute atomic E-state index is 13.8. The van der Waals surface area contributed by atoms with Crippen LogP contribution < -0.4 is 9.47 Å². The standard InChI is InChI=1S/C29H36N2O3S/c1-30-14-16-31(17-15-30)18-19-34-23-10-8-21(9-11-23)28(32)27-25-13-12-24(33-2)20-26(25)35-29(27)22-6-4-3-5-7-22/h8-13,20,22H,3-7,14-19H2,1-2H3. The zero-order valence-electron chi connectivity index (χ0n) is 20.9. The van der Waals surface area contributed by atoms with Gasteiger partial charge in [-0.3, -0.25) is 9.69 Å². The molecule has 5 rings (SSSR count). The number of rotatable bonds is 8. The number of thiophene rings is 1. The molecule has 2 aliphatic rings. The predicted molar refractivity (Wildman–Crippen MR) is 144 cm³/mol. The topological polar surface area (TPSA) is 42.0 Å².